The van der Waals surface area contributed by atoms with E-state index in [0.29, 0.717) is 40.2 Å². The largest absolute Gasteiger partial charge is 0.558 e. The Hall–Kier alpha value is -7.36. The molecule has 62 heavy (non-hydrogen) atoms. The summed E-state index contributed by atoms with van der Waals surface area (Å²) in [6.45, 7) is 0. The molecule has 8 aromatic rings. The minimum absolute atomic E-state index is 0. The Bertz CT molecular complexity index is 2330. The number of hydrogen-bond donors (Lipinski definition) is 0. The minimum Gasteiger partial charge on any atom is -0.558 e. The predicted octanol–water partition coefficient (Wildman–Crippen LogP) is 5.27. The first-order valence-corrected chi connectivity index (χ1v) is 18.4. The summed E-state index contributed by atoms with van der Waals surface area (Å²) in [5.41, 5.74) is 4.66. The van der Waals surface area contributed by atoms with Gasteiger partial charge >= 0.3 is 0 Å². The second-order valence-corrected chi connectivity index (χ2v) is 12.3. The van der Waals surface area contributed by atoms with Gasteiger partial charge in [0.2, 0.25) is 0 Å². The average molecular weight is 1020 g/mol. The van der Waals surface area contributed by atoms with E-state index in [1.165, 1.54) is 0 Å². The molecule has 0 saturated carbocycles. The molecule has 4 heterocycles. The maximum absolute atomic E-state index is 5.45. The molecule has 1 radical (unpaired) electrons. The van der Waals surface area contributed by atoms with Gasteiger partial charge in [-0.25, -0.2) is 0 Å². The monoisotopic (exact) mass is 1020 g/mol. The number of rotatable bonds is 13. The molecule has 0 bridgehead atoms. The molecular weight excluding hydrogens is 973 g/mol. The number of methoxy groups -OCH3 is 8. The Morgan fingerprint density at radius 3 is 1.40 bits per heavy atom. The van der Waals surface area contributed by atoms with Gasteiger partial charge < -0.3 is 57.2 Å². The molecule has 0 aliphatic heterocycles. The first-order chi connectivity index (χ1) is 29.9. The SMILES string of the molecule is COc1c[c-]c(-n2[c-][n+](-c3ccc(OC)cc3OC)cc2)c(OC)c1.COc1c[c-]c(-n2[c-][n+](-c3ccc(OC)cc3OC)cc2)c(OC)c1.[Ir].c1ccc(-c2cnn[n-]2)nc1. The fraction of sp³-hybridized carbons (Fsp3) is 0.178. The van der Waals surface area contributed by atoms with Gasteiger partial charge in [0.1, 0.15) is 34.4 Å². The molecule has 4 aromatic carbocycles. The molecule has 4 aromatic heterocycles. The van der Waals surface area contributed by atoms with E-state index in [0.717, 1.165) is 39.9 Å². The van der Waals surface area contributed by atoms with Crippen molar-refractivity contribution in [3.05, 3.63) is 141 Å². The summed E-state index contributed by atoms with van der Waals surface area (Å²) in [6.07, 6.45) is 17.2. The van der Waals surface area contributed by atoms with Gasteiger partial charge in [0, 0.05) is 86.2 Å². The summed E-state index contributed by atoms with van der Waals surface area (Å²) < 4.78 is 49.9. The Labute approximate surface area is 373 Å². The van der Waals surface area contributed by atoms with Crippen LogP contribution in [0.3, 0.4) is 0 Å². The zero-order valence-corrected chi connectivity index (χ0v) is 37.5. The molecular formula is C45H43IrN8O8-3. The van der Waals surface area contributed by atoms with Gasteiger partial charge in [-0.15, -0.1) is 12.1 Å². The van der Waals surface area contributed by atoms with E-state index in [-0.39, 0.29) is 20.1 Å². The first kappa shape index (κ1) is 45.7. The van der Waals surface area contributed by atoms with Gasteiger partial charge in [-0.1, -0.05) is 24.4 Å². The zero-order chi connectivity index (χ0) is 43.1. The number of nitrogens with zero attached hydrogens (tertiary/aromatic N) is 8. The normalized spacial score (nSPS) is 10.1. The number of aromatic nitrogens is 8. The van der Waals surface area contributed by atoms with Crippen LogP contribution >= 0.6 is 0 Å². The molecule has 17 heteroatoms. The van der Waals surface area contributed by atoms with Crippen molar-refractivity contribution in [1.29, 1.82) is 0 Å². The second-order valence-electron chi connectivity index (χ2n) is 12.3. The third kappa shape index (κ3) is 10.9. The molecule has 323 valence electrons. The van der Waals surface area contributed by atoms with E-state index in [2.05, 4.69) is 45.2 Å². The van der Waals surface area contributed by atoms with Crippen LogP contribution in [0, 0.1) is 24.8 Å². The van der Waals surface area contributed by atoms with Crippen molar-refractivity contribution in [1.82, 2.24) is 29.5 Å². The Kier molecular flexibility index (Phi) is 16.4. The Balaban J connectivity index is 0.000000186. The van der Waals surface area contributed by atoms with Crippen LogP contribution in [-0.4, -0.2) is 81.3 Å². The molecule has 0 aliphatic carbocycles. The van der Waals surface area contributed by atoms with Gasteiger partial charge in [0.25, 0.3) is 12.7 Å². The van der Waals surface area contributed by atoms with Gasteiger partial charge in [-0.2, -0.15) is 12.1 Å². The summed E-state index contributed by atoms with van der Waals surface area (Å²) in [5, 5.41) is 10.8. The van der Waals surface area contributed by atoms with E-state index in [1.807, 2.05) is 88.5 Å². The van der Waals surface area contributed by atoms with Crippen LogP contribution < -0.4 is 52.1 Å². The molecule has 16 nitrogen and oxygen atoms in total. The maximum Gasteiger partial charge on any atom is 0.267 e. The van der Waals surface area contributed by atoms with Crippen molar-refractivity contribution in [3.8, 4) is 80.1 Å². The van der Waals surface area contributed by atoms with Crippen LogP contribution in [0.2, 0.25) is 0 Å². The molecule has 0 unspecified atom stereocenters. The van der Waals surface area contributed by atoms with Gasteiger partial charge in [0.15, 0.2) is 0 Å². The average Bonchev–Trinajstić information content (AvgIpc) is 4.15. The van der Waals surface area contributed by atoms with Crippen molar-refractivity contribution < 1.29 is 67.1 Å². The fourth-order valence-electron chi connectivity index (χ4n) is 5.75. The number of ether oxygens (including phenoxy) is 8. The molecule has 0 amide bonds. The van der Waals surface area contributed by atoms with Crippen LogP contribution in [0.5, 0.6) is 46.0 Å². The second kappa shape index (κ2) is 22.3. The summed E-state index contributed by atoms with van der Waals surface area (Å²) in [7, 11) is 12.9. The smallest absolute Gasteiger partial charge is 0.267 e. The van der Waals surface area contributed by atoms with Crippen molar-refractivity contribution in [3.63, 3.8) is 0 Å². The van der Waals surface area contributed by atoms with Gasteiger partial charge in [-0.05, 0) is 53.5 Å². The molecule has 0 fully saturated rings. The number of imidazole rings is 2. The quantitative estimate of drug-likeness (QED) is 0.110. The summed E-state index contributed by atoms with van der Waals surface area (Å²) in [4.78, 5) is 4.08. The third-order valence-electron chi connectivity index (χ3n) is 8.87. The molecule has 0 aliphatic rings. The summed E-state index contributed by atoms with van der Waals surface area (Å²) >= 11 is 0. The van der Waals surface area contributed by atoms with E-state index >= 15 is 0 Å². The zero-order valence-electron chi connectivity index (χ0n) is 35.1. The maximum atomic E-state index is 5.45. The van der Waals surface area contributed by atoms with E-state index in [1.54, 1.807) is 103 Å². The summed E-state index contributed by atoms with van der Waals surface area (Å²) in [5.74, 6) is 5.46. The molecule has 8 rings (SSSR count). The third-order valence-corrected chi connectivity index (χ3v) is 8.87. The Morgan fingerprint density at radius 2 is 1.02 bits per heavy atom. The molecule has 0 N–H and O–H groups in total. The van der Waals surface area contributed by atoms with Crippen molar-refractivity contribution in [2.24, 2.45) is 0 Å². The number of pyridine rings is 1. The molecule has 0 saturated heterocycles. The fourth-order valence-corrected chi connectivity index (χ4v) is 5.75. The van der Waals surface area contributed by atoms with Crippen LogP contribution in [0.4, 0.5) is 0 Å². The van der Waals surface area contributed by atoms with Crippen molar-refractivity contribution in [2.45, 2.75) is 0 Å². The molecule has 0 spiro atoms. The first-order valence-electron chi connectivity index (χ1n) is 18.4. The van der Waals surface area contributed by atoms with Gasteiger partial charge in [0.05, 0.1) is 62.6 Å². The van der Waals surface area contributed by atoms with Gasteiger partial charge in [-0.3, -0.25) is 19.3 Å². The van der Waals surface area contributed by atoms with Crippen LogP contribution in [0.25, 0.3) is 34.1 Å². The van der Waals surface area contributed by atoms with Crippen LogP contribution in [0.1, 0.15) is 0 Å². The number of hydrogen-bond acceptors (Lipinski definition) is 11. The minimum atomic E-state index is 0. The Morgan fingerprint density at radius 1 is 0.548 bits per heavy atom. The predicted molar refractivity (Wildman–Crippen MR) is 221 cm³/mol. The number of benzene rings is 4. The van der Waals surface area contributed by atoms with E-state index in [4.69, 9.17) is 37.9 Å². The van der Waals surface area contributed by atoms with Crippen molar-refractivity contribution >= 4 is 0 Å². The van der Waals surface area contributed by atoms with Crippen molar-refractivity contribution in [2.75, 3.05) is 56.9 Å². The van der Waals surface area contributed by atoms with E-state index in [9.17, 15) is 0 Å². The standard InChI is InChI=1S/2C19H19N2O4.C7H5N4.Ir/c2*1-22-14-5-7-16(18(11-14)24-3)20-9-10-21(13-20)17-8-6-15(23-2)12-19(17)25-4;1-2-4-8-6(3-1)7-5-9-11-10-7;/h2*5-7,9-12H,1-4H3;1-5H;/q3*-1;. The molecule has 0 atom stereocenters. The van der Waals surface area contributed by atoms with Crippen LogP contribution in [-0.2, 0) is 20.1 Å². The van der Waals surface area contributed by atoms with Crippen LogP contribution in [0.15, 0.2) is 116 Å². The summed E-state index contributed by atoms with van der Waals surface area (Å²) in [6, 6.07) is 30.3. The topological polar surface area (TPSA) is 144 Å². The van der Waals surface area contributed by atoms with E-state index < -0.39 is 0 Å².